The van der Waals surface area contributed by atoms with Crippen LogP contribution in [0, 0.1) is 0 Å². The first-order chi connectivity index (χ1) is 15.3. The van der Waals surface area contributed by atoms with Crippen LogP contribution in [0.3, 0.4) is 0 Å². The molecule has 32 heavy (non-hydrogen) atoms. The van der Waals surface area contributed by atoms with Crippen LogP contribution in [0.4, 0.5) is 18.9 Å². The van der Waals surface area contributed by atoms with E-state index in [1.807, 2.05) is 6.92 Å². The Bertz CT molecular complexity index is 1070. The lowest BCUT2D eigenvalue weighted by molar-refractivity contribution is -0.137. The lowest BCUT2D eigenvalue weighted by atomic mass is 10.2. The monoisotopic (exact) mass is 482 g/mol. The average molecular weight is 483 g/mol. The first-order valence-electron chi connectivity index (χ1n) is 9.57. The van der Waals surface area contributed by atoms with Gasteiger partial charge in [0.05, 0.1) is 24.1 Å². The minimum Gasteiger partial charge on any atom is -0.490 e. The summed E-state index contributed by atoms with van der Waals surface area (Å²) in [5.74, 6) is 1.02. The maximum atomic E-state index is 12.6. The van der Waals surface area contributed by atoms with Gasteiger partial charge in [-0.25, -0.2) is 0 Å². The van der Waals surface area contributed by atoms with Gasteiger partial charge in [0.15, 0.2) is 11.5 Å². The Kier molecular flexibility index (Phi) is 7.88. The molecule has 3 aromatic rings. The van der Waals surface area contributed by atoms with Crippen LogP contribution in [0.1, 0.15) is 23.6 Å². The van der Waals surface area contributed by atoms with Crippen LogP contribution in [0.25, 0.3) is 0 Å². The van der Waals surface area contributed by atoms with E-state index in [0.717, 1.165) is 12.1 Å². The highest BCUT2D eigenvalue weighted by Gasteiger charge is 2.29. The molecule has 9 heteroatoms. The van der Waals surface area contributed by atoms with Crippen molar-refractivity contribution in [3.05, 3.63) is 87.4 Å². The summed E-state index contributed by atoms with van der Waals surface area (Å²) in [6.45, 7) is 2.44. The summed E-state index contributed by atoms with van der Waals surface area (Å²) in [5.41, 5.74) is 3.78. The van der Waals surface area contributed by atoms with Gasteiger partial charge in [-0.3, -0.25) is 5.43 Å². The molecule has 3 aromatic carbocycles. The molecule has 0 spiro atoms. The van der Waals surface area contributed by atoms with Crippen molar-refractivity contribution in [2.75, 3.05) is 12.0 Å². The number of benzene rings is 3. The average Bonchev–Trinajstić information content (AvgIpc) is 2.74. The third-order valence-corrected chi connectivity index (χ3v) is 5.03. The Hall–Kier alpha value is -2.90. The second-order valence-corrected chi connectivity index (χ2v) is 7.39. The van der Waals surface area contributed by atoms with Gasteiger partial charge in [-0.05, 0) is 67.1 Å². The van der Waals surface area contributed by atoms with Gasteiger partial charge in [-0.2, -0.15) is 18.3 Å². The largest absolute Gasteiger partial charge is 0.490 e. The third kappa shape index (κ3) is 6.31. The predicted octanol–water partition coefficient (Wildman–Crippen LogP) is 7.44. The summed E-state index contributed by atoms with van der Waals surface area (Å²) in [5, 5.41) is 5.08. The highest BCUT2D eigenvalue weighted by molar-refractivity contribution is 6.35. The summed E-state index contributed by atoms with van der Waals surface area (Å²) < 4.78 is 49.4. The number of anilines is 1. The molecule has 4 nitrogen and oxygen atoms in total. The van der Waals surface area contributed by atoms with E-state index in [1.54, 1.807) is 36.4 Å². The molecule has 0 saturated heterocycles. The Balaban J connectivity index is 1.68. The summed E-state index contributed by atoms with van der Waals surface area (Å²) in [6.07, 6.45) is -2.85. The minimum atomic E-state index is -4.38. The summed E-state index contributed by atoms with van der Waals surface area (Å²) in [7, 11) is 0. The van der Waals surface area contributed by atoms with Gasteiger partial charge in [0, 0.05) is 15.6 Å². The van der Waals surface area contributed by atoms with E-state index in [9.17, 15) is 13.2 Å². The molecule has 0 unspecified atom stereocenters. The van der Waals surface area contributed by atoms with E-state index < -0.39 is 11.7 Å². The van der Waals surface area contributed by atoms with Gasteiger partial charge in [-0.15, -0.1) is 0 Å². The fourth-order valence-electron chi connectivity index (χ4n) is 2.73. The van der Waals surface area contributed by atoms with Gasteiger partial charge in [0.2, 0.25) is 0 Å². The molecule has 0 aromatic heterocycles. The Morgan fingerprint density at radius 2 is 1.62 bits per heavy atom. The third-order valence-electron chi connectivity index (χ3n) is 4.32. The zero-order valence-corrected chi connectivity index (χ0v) is 18.4. The van der Waals surface area contributed by atoms with Crippen LogP contribution < -0.4 is 14.9 Å². The number of nitrogens with zero attached hydrogens (tertiary/aromatic N) is 1. The normalized spacial score (nSPS) is 11.6. The second-order valence-electron chi connectivity index (χ2n) is 6.57. The Labute approximate surface area is 193 Å². The van der Waals surface area contributed by atoms with Crippen molar-refractivity contribution in [2.45, 2.75) is 19.7 Å². The van der Waals surface area contributed by atoms with Crippen molar-refractivity contribution in [2.24, 2.45) is 5.10 Å². The van der Waals surface area contributed by atoms with Gasteiger partial charge < -0.3 is 9.47 Å². The standard InChI is InChI=1S/C23H19Cl2F3N2O2/c1-2-31-22-12-15(13-29-30-17-9-7-16(8-10-17)23(26,27)28)6-11-21(22)32-14-18-19(24)4-3-5-20(18)25/h3-13,30H,2,14H2,1H3. The van der Waals surface area contributed by atoms with Crippen LogP contribution in [-0.4, -0.2) is 12.8 Å². The number of nitrogens with one attached hydrogen (secondary N) is 1. The molecule has 3 rings (SSSR count). The second kappa shape index (κ2) is 10.6. The lowest BCUT2D eigenvalue weighted by Crippen LogP contribution is -2.04. The molecular weight excluding hydrogens is 464 g/mol. The molecule has 0 bridgehead atoms. The Morgan fingerprint density at radius 3 is 2.25 bits per heavy atom. The zero-order valence-electron chi connectivity index (χ0n) is 16.9. The number of rotatable bonds is 8. The van der Waals surface area contributed by atoms with Gasteiger partial charge >= 0.3 is 6.18 Å². The van der Waals surface area contributed by atoms with Crippen LogP contribution in [-0.2, 0) is 12.8 Å². The van der Waals surface area contributed by atoms with Crippen molar-refractivity contribution in [3.63, 3.8) is 0 Å². The van der Waals surface area contributed by atoms with Crippen molar-refractivity contribution in [1.82, 2.24) is 0 Å². The quantitative estimate of drug-likeness (QED) is 0.268. The van der Waals surface area contributed by atoms with Crippen molar-refractivity contribution < 1.29 is 22.6 Å². The van der Waals surface area contributed by atoms with Crippen LogP contribution in [0.2, 0.25) is 10.0 Å². The molecule has 0 atom stereocenters. The number of hydrogen-bond acceptors (Lipinski definition) is 4. The van der Waals surface area contributed by atoms with E-state index in [4.69, 9.17) is 32.7 Å². The molecule has 0 aliphatic carbocycles. The highest BCUT2D eigenvalue weighted by atomic mass is 35.5. The first kappa shape index (κ1) is 23.8. The fraction of sp³-hybridized carbons (Fsp3) is 0.174. The number of alkyl halides is 3. The number of hydrogen-bond donors (Lipinski definition) is 1. The van der Waals surface area contributed by atoms with E-state index in [1.165, 1.54) is 18.3 Å². The van der Waals surface area contributed by atoms with Crippen molar-refractivity contribution in [1.29, 1.82) is 0 Å². The molecule has 168 valence electrons. The van der Waals surface area contributed by atoms with Gasteiger partial charge in [0.25, 0.3) is 0 Å². The number of ether oxygens (including phenoxy) is 2. The van der Waals surface area contributed by atoms with E-state index in [-0.39, 0.29) is 6.61 Å². The topological polar surface area (TPSA) is 42.8 Å². The van der Waals surface area contributed by atoms with Crippen molar-refractivity contribution >= 4 is 35.1 Å². The molecule has 0 radical (unpaired) electrons. The highest BCUT2D eigenvalue weighted by Crippen LogP contribution is 2.32. The molecule has 0 aliphatic rings. The predicted molar refractivity (Wildman–Crippen MR) is 121 cm³/mol. The van der Waals surface area contributed by atoms with E-state index in [2.05, 4.69) is 10.5 Å². The van der Waals surface area contributed by atoms with Crippen LogP contribution in [0.5, 0.6) is 11.5 Å². The summed E-state index contributed by atoms with van der Waals surface area (Å²) >= 11 is 12.4. The SMILES string of the molecule is CCOc1cc(C=NNc2ccc(C(F)(F)F)cc2)ccc1OCc1c(Cl)cccc1Cl. The first-order valence-corrected chi connectivity index (χ1v) is 10.3. The summed E-state index contributed by atoms with van der Waals surface area (Å²) in [6, 6.07) is 15.1. The van der Waals surface area contributed by atoms with Crippen molar-refractivity contribution in [3.8, 4) is 11.5 Å². The molecule has 0 amide bonds. The zero-order chi connectivity index (χ0) is 23.1. The van der Waals surface area contributed by atoms with Gasteiger partial charge in [0.1, 0.15) is 6.61 Å². The Morgan fingerprint density at radius 1 is 0.938 bits per heavy atom. The smallest absolute Gasteiger partial charge is 0.416 e. The van der Waals surface area contributed by atoms with E-state index >= 15 is 0 Å². The maximum absolute atomic E-state index is 12.6. The minimum absolute atomic E-state index is 0.168. The van der Waals surface area contributed by atoms with Crippen LogP contribution in [0.15, 0.2) is 65.8 Å². The fourth-order valence-corrected chi connectivity index (χ4v) is 3.23. The molecule has 0 saturated carbocycles. The number of halogens is 5. The lowest BCUT2D eigenvalue weighted by Gasteiger charge is -2.14. The van der Waals surface area contributed by atoms with E-state index in [0.29, 0.717) is 45.0 Å². The number of hydrazone groups is 1. The molecule has 0 aliphatic heterocycles. The maximum Gasteiger partial charge on any atom is 0.416 e. The molecule has 0 heterocycles. The molecule has 0 fully saturated rings. The van der Waals surface area contributed by atoms with Crippen LogP contribution >= 0.6 is 23.2 Å². The molecular formula is C23H19Cl2F3N2O2. The molecule has 1 N–H and O–H groups in total. The summed E-state index contributed by atoms with van der Waals surface area (Å²) in [4.78, 5) is 0. The van der Waals surface area contributed by atoms with Gasteiger partial charge in [-0.1, -0.05) is 29.3 Å².